The average Bonchev–Trinajstić information content (AvgIpc) is 3.20. The van der Waals surface area contributed by atoms with Gasteiger partial charge in [-0.15, -0.1) is 0 Å². The van der Waals surface area contributed by atoms with E-state index in [9.17, 15) is 0 Å². The van der Waals surface area contributed by atoms with Gasteiger partial charge in [-0.2, -0.15) is 5.10 Å². The first kappa shape index (κ1) is 22.3. The van der Waals surface area contributed by atoms with Gasteiger partial charge in [-0.25, -0.2) is 19.0 Å². The van der Waals surface area contributed by atoms with E-state index in [1.165, 1.54) is 6.33 Å². The Kier molecular flexibility index (Phi) is 5.69. The normalized spacial score (nSPS) is 19.4. The molecular formula is C26H29FN6O. The number of benzene rings is 2. The molecule has 4 aromatic rings. The molecule has 2 atom stereocenters. The number of nitrogens with zero attached hydrogens (tertiary/aromatic N) is 5. The van der Waals surface area contributed by atoms with Gasteiger partial charge in [0.15, 0.2) is 5.65 Å². The Labute approximate surface area is 198 Å². The van der Waals surface area contributed by atoms with Crippen LogP contribution < -0.4 is 10.5 Å². The third kappa shape index (κ3) is 4.21. The van der Waals surface area contributed by atoms with Crippen LogP contribution >= 0.6 is 0 Å². The highest BCUT2D eigenvalue weighted by Crippen LogP contribution is 2.36. The molecule has 1 fully saturated rings. The number of likely N-dealkylation sites (tertiary alicyclic amines) is 1. The van der Waals surface area contributed by atoms with Gasteiger partial charge in [-0.1, -0.05) is 18.2 Å². The van der Waals surface area contributed by atoms with Crippen molar-refractivity contribution in [2.75, 3.05) is 18.8 Å². The number of piperidine rings is 1. The fourth-order valence-corrected chi connectivity index (χ4v) is 4.51. The number of alkyl halides is 1. The quantitative estimate of drug-likeness (QED) is 0.448. The number of nitrogens with two attached hydrogens (primary N) is 1. The Bertz CT molecular complexity index is 1280. The first-order chi connectivity index (χ1) is 16.3. The summed E-state index contributed by atoms with van der Waals surface area (Å²) in [4.78, 5) is 10.8. The largest absolute Gasteiger partial charge is 0.457 e. The summed E-state index contributed by atoms with van der Waals surface area (Å²) in [6.07, 6.45) is 0.984. The summed E-state index contributed by atoms with van der Waals surface area (Å²) in [5.74, 6) is 1.80. The van der Waals surface area contributed by atoms with E-state index in [4.69, 9.17) is 15.6 Å². The topological polar surface area (TPSA) is 82.1 Å². The number of aromatic nitrogens is 4. The lowest BCUT2D eigenvalue weighted by atomic mass is 9.97. The molecule has 7 nitrogen and oxygen atoms in total. The van der Waals surface area contributed by atoms with E-state index in [1.54, 1.807) is 4.68 Å². The molecule has 0 amide bonds. The molecule has 1 saturated heterocycles. The number of halogens is 1. The van der Waals surface area contributed by atoms with Crippen molar-refractivity contribution in [3.8, 4) is 22.8 Å². The number of nitrogen functional groups attached to an aromatic ring is 1. The van der Waals surface area contributed by atoms with E-state index in [2.05, 4.69) is 35.6 Å². The van der Waals surface area contributed by atoms with Crippen molar-refractivity contribution in [3.63, 3.8) is 0 Å². The van der Waals surface area contributed by atoms with Crippen LogP contribution in [0.25, 0.3) is 22.3 Å². The highest BCUT2D eigenvalue weighted by atomic mass is 19.1. The first-order valence-corrected chi connectivity index (χ1v) is 11.5. The van der Waals surface area contributed by atoms with Crippen LogP contribution in [-0.4, -0.2) is 49.4 Å². The maximum Gasteiger partial charge on any atom is 0.164 e. The van der Waals surface area contributed by atoms with Crippen LogP contribution in [0.3, 0.4) is 0 Å². The van der Waals surface area contributed by atoms with Gasteiger partial charge in [0.25, 0.3) is 0 Å². The number of anilines is 1. The zero-order valence-electron chi connectivity index (χ0n) is 19.6. The van der Waals surface area contributed by atoms with E-state index in [1.807, 2.05) is 54.6 Å². The van der Waals surface area contributed by atoms with Crippen molar-refractivity contribution < 1.29 is 9.13 Å². The van der Waals surface area contributed by atoms with Gasteiger partial charge in [0.1, 0.15) is 35.5 Å². The third-order valence-electron chi connectivity index (χ3n) is 6.39. The van der Waals surface area contributed by atoms with Crippen molar-refractivity contribution in [1.82, 2.24) is 24.6 Å². The molecule has 0 bridgehead atoms. The number of para-hydroxylation sites is 1. The van der Waals surface area contributed by atoms with Crippen LogP contribution in [0.5, 0.6) is 11.5 Å². The minimum atomic E-state index is -1.07. The molecule has 2 aromatic heterocycles. The second-order valence-corrected chi connectivity index (χ2v) is 9.68. The lowest BCUT2D eigenvalue weighted by molar-refractivity contribution is 0.0299. The molecule has 1 aliphatic rings. The maximum absolute atomic E-state index is 15.4. The van der Waals surface area contributed by atoms with Gasteiger partial charge in [-0.05, 0) is 63.6 Å². The van der Waals surface area contributed by atoms with Crippen LogP contribution in [0.15, 0.2) is 60.9 Å². The molecule has 0 aliphatic carbocycles. The van der Waals surface area contributed by atoms with Gasteiger partial charge in [0.2, 0.25) is 0 Å². The summed E-state index contributed by atoms with van der Waals surface area (Å²) >= 11 is 0. The van der Waals surface area contributed by atoms with E-state index in [0.29, 0.717) is 41.3 Å². The average molecular weight is 461 g/mol. The molecule has 2 N–H and O–H groups in total. The number of fused-ring (bicyclic) bond motifs is 1. The zero-order valence-corrected chi connectivity index (χ0v) is 19.6. The smallest absolute Gasteiger partial charge is 0.164 e. The lowest BCUT2D eigenvalue weighted by Gasteiger charge is -2.42. The summed E-state index contributed by atoms with van der Waals surface area (Å²) in [6, 6.07) is 16.8. The van der Waals surface area contributed by atoms with Gasteiger partial charge < -0.3 is 10.5 Å². The minimum Gasteiger partial charge on any atom is -0.457 e. The van der Waals surface area contributed by atoms with E-state index >= 15 is 4.39 Å². The summed E-state index contributed by atoms with van der Waals surface area (Å²) in [5, 5.41) is 5.47. The Morgan fingerprint density at radius 2 is 1.71 bits per heavy atom. The van der Waals surface area contributed by atoms with Crippen LogP contribution in [-0.2, 0) is 0 Å². The Morgan fingerprint density at radius 1 is 1.00 bits per heavy atom. The van der Waals surface area contributed by atoms with Crippen molar-refractivity contribution in [2.24, 2.45) is 0 Å². The minimum absolute atomic E-state index is 0.0805. The van der Waals surface area contributed by atoms with Crippen LogP contribution in [0, 0.1) is 0 Å². The van der Waals surface area contributed by atoms with Crippen LogP contribution in [0.2, 0.25) is 0 Å². The Hall–Kier alpha value is -3.52. The third-order valence-corrected chi connectivity index (χ3v) is 6.39. The van der Waals surface area contributed by atoms with E-state index in [-0.39, 0.29) is 5.54 Å². The second kappa shape index (κ2) is 8.68. The summed E-state index contributed by atoms with van der Waals surface area (Å²) in [7, 11) is 0. The van der Waals surface area contributed by atoms with Crippen molar-refractivity contribution in [1.29, 1.82) is 0 Å². The molecule has 0 spiro atoms. The summed E-state index contributed by atoms with van der Waals surface area (Å²) < 4.78 is 23.0. The SMILES string of the molecule is CC(C)(C)N1CC[C@H](n2nc(-c3ccc(Oc4ccccc4)cc3)c3c(N)ncnc32)[C@@H](F)C1. The molecule has 0 saturated carbocycles. The predicted molar refractivity (Wildman–Crippen MR) is 132 cm³/mol. The summed E-state index contributed by atoms with van der Waals surface area (Å²) in [5.41, 5.74) is 8.21. The molecule has 8 heteroatoms. The molecule has 0 radical (unpaired) electrons. The molecule has 3 heterocycles. The fourth-order valence-electron chi connectivity index (χ4n) is 4.51. The van der Waals surface area contributed by atoms with Gasteiger partial charge in [0, 0.05) is 24.2 Å². The van der Waals surface area contributed by atoms with E-state index < -0.39 is 12.2 Å². The molecule has 2 aromatic carbocycles. The number of ether oxygens (including phenoxy) is 1. The second-order valence-electron chi connectivity index (χ2n) is 9.68. The van der Waals surface area contributed by atoms with Crippen molar-refractivity contribution in [2.45, 2.75) is 44.9 Å². The highest BCUT2D eigenvalue weighted by Gasteiger charge is 2.37. The highest BCUT2D eigenvalue weighted by molar-refractivity contribution is 5.98. The molecule has 5 rings (SSSR count). The van der Waals surface area contributed by atoms with Gasteiger partial charge >= 0.3 is 0 Å². The van der Waals surface area contributed by atoms with Crippen molar-refractivity contribution in [3.05, 3.63) is 60.9 Å². The Balaban J connectivity index is 1.48. The van der Waals surface area contributed by atoms with Crippen LogP contribution in [0.4, 0.5) is 10.2 Å². The molecule has 34 heavy (non-hydrogen) atoms. The first-order valence-electron chi connectivity index (χ1n) is 11.5. The fraction of sp³-hybridized carbons (Fsp3) is 0.346. The lowest BCUT2D eigenvalue weighted by Crippen LogP contribution is -2.51. The maximum atomic E-state index is 15.4. The van der Waals surface area contributed by atoms with Crippen LogP contribution in [0.1, 0.15) is 33.2 Å². The number of hydrogen-bond acceptors (Lipinski definition) is 6. The van der Waals surface area contributed by atoms with Gasteiger partial charge in [-0.3, -0.25) is 4.90 Å². The summed E-state index contributed by atoms with van der Waals surface area (Å²) in [6.45, 7) is 7.48. The standard InChI is InChI=1S/C26H29FN6O/c1-26(2,3)32-14-13-21(20(27)15-32)33-25-22(24(28)29-16-30-25)23(31-33)17-9-11-19(12-10-17)34-18-7-5-4-6-8-18/h4-12,16,20-21H,13-15H2,1-3H3,(H2,28,29,30)/t20-,21-/m0/s1. The molecule has 176 valence electrons. The number of hydrogen-bond donors (Lipinski definition) is 1. The monoisotopic (exact) mass is 460 g/mol. The molecule has 0 unspecified atom stereocenters. The van der Waals surface area contributed by atoms with Gasteiger partial charge in [0.05, 0.1) is 11.4 Å². The zero-order chi connectivity index (χ0) is 23.9. The van der Waals surface area contributed by atoms with E-state index in [0.717, 1.165) is 17.9 Å². The molecule has 1 aliphatic heterocycles. The Morgan fingerprint density at radius 3 is 2.38 bits per heavy atom. The predicted octanol–water partition coefficient (Wildman–Crippen LogP) is 5.25. The number of rotatable bonds is 4. The molecular weight excluding hydrogens is 431 g/mol. The van der Waals surface area contributed by atoms with Crippen molar-refractivity contribution >= 4 is 16.9 Å².